The SMILES string of the molecule is COc1ccc(C(Cl)c2cc(F)c(F)c(F)c2)c(Cl)c1. The van der Waals surface area contributed by atoms with Crippen LogP contribution in [0.4, 0.5) is 13.2 Å². The van der Waals surface area contributed by atoms with Crippen molar-refractivity contribution in [3.05, 3.63) is 63.9 Å². The van der Waals surface area contributed by atoms with E-state index < -0.39 is 22.8 Å². The van der Waals surface area contributed by atoms with Gasteiger partial charge in [0.25, 0.3) is 0 Å². The molecule has 0 saturated heterocycles. The van der Waals surface area contributed by atoms with Gasteiger partial charge in [-0.15, -0.1) is 11.6 Å². The van der Waals surface area contributed by atoms with Crippen LogP contribution in [0.15, 0.2) is 30.3 Å². The van der Waals surface area contributed by atoms with Crippen molar-refractivity contribution in [2.75, 3.05) is 7.11 Å². The molecule has 0 aromatic heterocycles. The first-order chi connectivity index (χ1) is 9.43. The first-order valence-corrected chi connectivity index (χ1v) is 6.37. The second-order valence-electron chi connectivity index (χ2n) is 4.05. The normalized spacial score (nSPS) is 12.3. The summed E-state index contributed by atoms with van der Waals surface area (Å²) in [6.07, 6.45) is 0. The molecule has 6 heteroatoms. The lowest BCUT2D eigenvalue weighted by Crippen LogP contribution is -2.00. The minimum atomic E-state index is -1.53. The third-order valence-corrected chi connectivity index (χ3v) is 3.59. The fourth-order valence-electron chi connectivity index (χ4n) is 1.74. The second-order valence-corrected chi connectivity index (χ2v) is 4.89. The maximum absolute atomic E-state index is 13.2. The predicted octanol–water partition coefficient (Wildman–Crippen LogP) is 5.09. The molecule has 2 aromatic rings. The maximum atomic E-state index is 13.2. The van der Waals surface area contributed by atoms with Gasteiger partial charge in [-0.1, -0.05) is 17.7 Å². The standard InChI is InChI=1S/C14H9Cl2F3O/c1-20-8-2-3-9(10(15)6-8)13(16)7-4-11(17)14(19)12(18)5-7/h2-6,13H,1H3. The van der Waals surface area contributed by atoms with Crippen LogP contribution >= 0.6 is 23.2 Å². The molecule has 0 aliphatic carbocycles. The van der Waals surface area contributed by atoms with Crippen LogP contribution in [0.25, 0.3) is 0 Å². The number of hydrogen-bond acceptors (Lipinski definition) is 1. The number of halogens is 5. The molecule has 0 aliphatic rings. The monoisotopic (exact) mass is 320 g/mol. The molecular formula is C14H9Cl2F3O. The van der Waals surface area contributed by atoms with E-state index in [1.807, 2.05) is 0 Å². The number of ether oxygens (including phenoxy) is 1. The van der Waals surface area contributed by atoms with Crippen molar-refractivity contribution in [2.45, 2.75) is 5.38 Å². The molecule has 1 nitrogen and oxygen atoms in total. The summed E-state index contributed by atoms with van der Waals surface area (Å²) >= 11 is 12.2. The lowest BCUT2D eigenvalue weighted by Gasteiger charge is -2.13. The fourth-order valence-corrected chi connectivity index (χ4v) is 2.39. The van der Waals surface area contributed by atoms with Crippen LogP contribution in [0.2, 0.25) is 5.02 Å². The lowest BCUT2D eigenvalue weighted by molar-refractivity contribution is 0.414. The highest BCUT2D eigenvalue weighted by Gasteiger charge is 2.19. The molecule has 2 rings (SSSR count). The van der Waals surface area contributed by atoms with E-state index in [4.69, 9.17) is 27.9 Å². The number of rotatable bonds is 3. The molecule has 106 valence electrons. The van der Waals surface area contributed by atoms with E-state index in [-0.39, 0.29) is 10.6 Å². The summed E-state index contributed by atoms with van der Waals surface area (Å²) in [4.78, 5) is 0. The Balaban J connectivity index is 2.43. The van der Waals surface area contributed by atoms with E-state index >= 15 is 0 Å². The molecule has 0 spiro atoms. The first kappa shape index (κ1) is 15.0. The zero-order valence-electron chi connectivity index (χ0n) is 10.3. The van der Waals surface area contributed by atoms with Gasteiger partial charge >= 0.3 is 0 Å². The minimum Gasteiger partial charge on any atom is -0.497 e. The van der Waals surface area contributed by atoms with E-state index in [9.17, 15) is 13.2 Å². The molecule has 0 N–H and O–H groups in total. The van der Waals surface area contributed by atoms with Crippen LogP contribution in [0.5, 0.6) is 5.75 Å². The van der Waals surface area contributed by atoms with E-state index in [2.05, 4.69) is 0 Å². The van der Waals surface area contributed by atoms with Crippen LogP contribution < -0.4 is 4.74 Å². The van der Waals surface area contributed by atoms with Gasteiger partial charge in [-0.05, 0) is 35.4 Å². The molecule has 1 unspecified atom stereocenters. The lowest BCUT2D eigenvalue weighted by atomic mass is 10.0. The Hall–Kier alpha value is -1.39. The molecule has 0 bridgehead atoms. The predicted molar refractivity (Wildman–Crippen MR) is 72.0 cm³/mol. The van der Waals surface area contributed by atoms with Crippen molar-refractivity contribution >= 4 is 23.2 Å². The van der Waals surface area contributed by atoms with E-state index in [0.717, 1.165) is 12.1 Å². The Morgan fingerprint density at radius 2 is 1.65 bits per heavy atom. The quantitative estimate of drug-likeness (QED) is 0.565. The zero-order valence-corrected chi connectivity index (χ0v) is 11.8. The summed E-state index contributed by atoms with van der Waals surface area (Å²) in [5.41, 5.74) is 0.523. The molecular weight excluding hydrogens is 312 g/mol. The number of hydrogen-bond donors (Lipinski definition) is 0. The molecule has 0 fully saturated rings. The number of benzene rings is 2. The van der Waals surface area contributed by atoms with E-state index in [0.29, 0.717) is 11.3 Å². The van der Waals surface area contributed by atoms with E-state index in [1.165, 1.54) is 13.2 Å². The molecule has 0 saturated carbocycles. The smallest absolute Gasteiger partial charge is 0.194 e. The van der Waals surface area contributed by atoms with Gasteiger partial charge in [-0.25, -0.2) is 13.2 Å². The second kappa shape index (κ2) is 5.94. The van der Waals surface area contributed by atoms with Crippen molar-refractivity contribution < 1.29 is 17.9 Å². The highest BCUT2D eigenvalue weighted by atomic mass is 35.5. The van der Waals surface area contributed by atoms with Crippen molar-refractivity contribution in [3.63, 3.8) is 0 Å². The summed E-state index contributed by atoms with van der Waals surface area (Å²) in [6.45, 7) is 0. The Morgan fingerprint density at radius 3 is 2.15 bits per heavy atom. The van der Waals surface area contributed by atoms with Gasteiger partial charge in [0, 0.05) is 5.02 Å². The molecule has 1 atom stereocenters. The summed E-state index contributed by atoms with van der Waals surface area (Å²) in [6, 6.07) is 6.42. The average Bonchev–Trinajstić information content (AvgIpc) is 2.43. The Morgan fingerprint density at radius 1 is 1.05 bits per heavy atom. The van der Waals surface area contributed by atoms with Gasteiger partial charge in [0.1, 0.15) is 5.75 Å². The fraction of sp³-hybridized carbons (Fsp3) is 0.143. The van der Waals surface area contributed by atoms with Crippen molar-refractivity contribution in [1.82, 2.24) is 0 Å². The molecule has 0 heterocycles. The highest BCUT2D eigenvalue weighted by Crippen LogP contribution is 2.36. The summed E-state index contributed by atoms with van der Waals surface area (Å²) in [7, 11) is 1.48. The van der Waals surface area contributed by atoms with Crippen LogP contribution in [-0.2, 0) is 0 Å². The Bertz CT molecular complexity index is 623. The molecule has 20 heavy (non-hydrogen) atoms. The van der Waals surface area contributed by atoms with Crippen molar-refractivity contribution in [1.29, 1.82) is 0 Å². The van der Waals surface area contributed by atoms with Gasteiger partial charge in [0.2, 0.25) is 0 Å². The first-order valence-electron chi connectivity index (χ1n) is 5.56. The van der Waals surface area contributed by atoms with Crippen LogP contribution in [0.3, 0.4) is 0 Å². The van der Waals surface area contributed by atoms with Gasteiger partial charge in [-0.2, -0.15) is 0 Å². The molecule has 2 aromatic carbocycles. The third-order valence-electron chi connectivity index (χ3n) is 2.78. The van der Waals surface area contributed by atoms with Crippen molar-refractivity contribution in [3.8, 4) is 5.75 Å². The van der Waals surface area contributed by atoms with Crippen LogP contribution in [-0.4, -0.2) is 7.11 Å². The third kappa shape index (κ3) is 2.86. The van der Waals surface area contributed by atoms with Crippen LogP contribution in [0, 0.1) is 17.5 Å². The Kier molecular flexibility index (Phi) is 4.45. The zero-order chi connectivity index (χ0) is 14.9. The molecule has 0 radical (unpaired) electrons. The molecule has 0 aliphatic heterocycles. The average molecular weight is 321 g/mol. The minimum absolute atomic E-state index is 0.0788. The van der Waals surface area contributed by atoms with Gasteiger partial charge in [0.05, 0.1) is 12.5 Å². The molecule has 0 amide bonds. The van der Waals surface area contributed by atoms with E-state index in [1.54, 1.807) is 12.1 Å². The topological polar surface area (TPSA) is 9.23 Å². The van der Waals surface area contributed by atoms with Crippen molar-refractivity contribution in [2.24, 2.45) is 0 Å². The summed E-state index contributed by atoms with van der Waals surface area (Å²) in [5.74, 6) is -3.59. The Labute approximate surface area is 123 Å². The summed E-state index contributed by atoms with van der Waals surface area (Å²) < 4.78 is 44.3. The largest absolute Gasteiger partial charge is 0.497 e. The highest BCUT2D eigenvalue weighted by molar-refractivity contribution is 6.33. The number of methoxy groups -OCH3 is 1. The van der Waals surface area contributed by atoms with Gasteiger partial charge < -0.3 is 4.74 Å². The maximum Gasteiger partial charge on any atom is 0.194 e. The van der Waals surface area contributed by atoms with Gasteiger partial charge in [-0.3, -0.25) is 0 Å². The number of alkyl halides is 1. The van der Waals surface area contributed by atoms with Crippen LogP contribution in [0.1, 0.15) is 16.5 Å². The summed E-state index contributed by atoms with van der Waals surface area (Å²) in [5, 5.41) is -0.618. The van der Waals surface area contributed by atoms with Gasteiger partial charge in [0.15, 0.2) is 17.5 Å².